The second kappa shape index (κ2) is 3.99. The van der Waals surface area contributed by atoms with Gasteiger partial charge in [0.25, 0.3) is 0 Å². The highest BCUT2D eigenvalue weighted by atomic mass is 15.1. The molecule has 2 aliphatic heterocycles. The van der Waals surface area contributed by atoms with Gasteiger partial charge >= 0.3 is 0 Å². The van der Waals surface area contributed by atoms with Crippen LogP contribution >= 0.6 is 0 Å². The van der Waals surface area contributed by atoms with Crippen LogP contribution in [0.4, 0.5) is 0 Å². The van der Waals surface area contributed by atoms with E-state index in [0.29, 0.717) is 6.04 Å². The summed E-state index contributed by atoms with van der Waals surface area (Å²) in [4.78, 5) is 2.50. The lowest BCUT2D eigenvalue weighted by Gasteiger charge is -2.39. The molecule has 0 N–H and O–H groups in total. The van der Waals surface area contributed by atoms with Crippen molar-refractivity contribution in [3.05, 3.63) is 70.1 Å². The number of fused-ring (bicyclic) bond motifs is 4. The summed E-state index contributed by atoms with van der Waals surface area (Å²) in [5.74, 6) is 0. The van der Waals surface area contributed by atoms with Gasteiger partial charge in [-0.05, 0) is 40.5 Å². The maximum atomic E-state index is 2.50. The molecule has 1 nitrogen and oxygen atoms in total. The number of hydrogen-bond acceptors (Lipinski definition) is 1. The minimum Gasteiger partial charge on any atom is -0.366 e. The Labute approximate surface area is 113 Å². The quantitative estimate of drug-likeness (QED) is 0.690. The number of nitrogens with zero attached hydrogens (tertiary/aromatic N) is 1. The van der Waals surface area contributed by atoms with Gasteiger partial charge in [-0.15, -0.1) is 0 Å². The average Bonchev–Trinajstić information content (AvgIpc) is 2.47. The largest absolute Gasteiger partial charge is 0.366 e. The Morgan fingerprint density at radius 3 is 2.74 bits per heavy atom. The first-order valence-corrected chi connectivity index (χ1v) is 6.96. The Morgan fingerprint density at radius 2 is 1.79 bits per heavy atom. The summed E-state index contributed by atoms with van der Waals surface area (Å²) in [6, 6.07) is 18.0. The zero-order valence-electron chi connectivity index (χ0n) is 11.1. The second-order valence-electron chi connectivity index (χ2n) is 5.49. The lowest BCUT2D eigenvalue weighted by atomic mass is 9.86. The van der Waals surface area contributed by atoms with Gasteiger partial charge in [-0.25, -0.2) is 0 Å². The molecular formula is C18H17N. The van der Waals surface area contributed by atoms with Crippen LogP contribution in [0, 0.1) is 0 Å². The smallest absolute Gasteiger partial charge is 0.0759 e. The van der Waals surface area contributed by atoms with Crippen LogP contribution in [0.3, 0.4) is 0 Å². The van der Waals surface area contributed by atoms with E-state index in [1.54, 1.807) is 0 Å². The van der Waals surface area contributed by atoms with E-state index in [0.717, 1.165) is 13.0 Å². The van der Waals surface area contributed by atoms with Crippen molar-refractivity contribution < 1.29 is 0 Å². The molecular weight excluding hydrogens is 230 g/mol. The summed E-state index contributed by atoms with van der Waals surface area (Å²) >= 11 is 0. The summed E-state index contributed by atoms with van der Waals surface area (Å²) in [6.07, 6.45) is 3.49. The Bertz CT molecular complexity index is 757. The van der Waals surface area contributed by atoms with Gasteiger partial charge in [-0.3, -0.25) is 0 Å². The highest BCUT2D eigenvalue weighted by Gasteiger charge is 2.28. The van der Waals surface area contributed by atoms with Gasteiger partial charge in [0.15, 0.2) is 0 Å². The van der Waals surface area contributed by atoms with E-state index in [9.17, 15) is 0 Å². The highest BCUT2D eigenvalue weighted by molar-refractivity contribution is 5.60. The molecule has 2 aromatic carbocycles. The monoisotopic (exact) mass is 247 g/mol. The van der Waals surface area contributed by atoms with Gasteiger partial charge in [0.05, 0.1) is 6.04 Å². The minimum atomic E-state index is 0.430. The molecule has 2 aromatic rings. The van der Waals surface area contributed by atoms with Gasteiger partial charge in [0.1, 0.15) is 0 Å². The molecule has 0 bridgehead atoms. The van der Waals surface area contributed by atoms with Gasteiger partial charge in [0.2, 0.25) is 0 Å². The molecule has 19 heavy (non-hydrogen) atoms. The Hall–Kier alpha value is -2.02. The lowest BCUT2D eigenvalue weighted by Crippen LogP contribution is -2.42. The molecule has 1 heteroatoms. The normalized spacial score (nSPS) is 20.2. The predicted molar refractivity (Wildman–Crippen MR) is 78.8 cm³/mol. The topological polar surface area (TPSA) is 3.24 Å². The Balaban J connectivity index is 2.01. The van der Waals surface area contributed by atoms with Crippen LogP contribution in [-0.2, 0) is 6.42 Å². The first-order chi connectivity index (χ1) is 9.34. The van der Waals surface area contributed by atoms with Crippen LogP contribution in [0.2, 0.25) is 0 Å². The lowest BCUT2D eigenvalue weighted by molar-refractivity contribution is 0.342. The van der Waals surface area contributed by atoms with Crippen molar-refractivity contribution in [1.29, 1.82) is 0 Å². The van der Waals surface area contributed by atoms with E-state index in [1.165, 1.54) is 27.1 Å². The van der Waals surface area contributed by atoms with Crippen molar-refractivity contribution in [2.24, 2.45) is 0 Å². The molecule has 0 aromatic heterocycles. The fraction of sp³-hybridized carbons (Fsp3) is 0.222. The molecule has 0 fully saturated rings. The molecule has 2 aliphatic rings. The summed E-state index contributed by atoms with van der Waals surface area (Å²) in [6.45, 7) is 3.40. The van der Waals surface area contributed by atoms with Gasteiger partial charge in [-0.1, -0.05) is 48.5 Å². The molecule has 0 saturated carbocycles. The van der Waals surface area contributed by atoms with Crippen molar-refractivity contribution in [2.75, 3.05) is 6.54 Å². The molecule has 1 unspecified atom stereocenters. The Morgan fingerprint density at radius 1 is 1.00 bits per heavy atom. The van der Waals surface area contributed by atoms with Crippen LogP contribution < -0.4 is 10.4 Å². The third kappa shape index (κ3) is 1.54. The maximum absolute atomic E-state index is 2.50. The minimum absolute atomic E-state index is 0.430. The standard InChI is InChI=1S/C18H17N/c1-13-16-8-4-3-7-15(16)12-19-11-10-14-6-2-5-9-17(14)18(13)19/h2-9,12,18H,10-11H2,1H3. The van der Waals surface area contributed by atoms with E-state index in [4.69, 9.17) is 0 Å². The first-order valence-electron chi connectivity index (χ1n) is 6.96. The first kappa shape index (κ1) is 10.9. The second-order valence-corrected chi connectivity index (χ2v) is 5.49. The molecule has 0 spiro atoms. The van der Waals surface area contributed by atoms with Crippen LogP contribution in [-0.4, -0.2) is 11.4 Å². The van der Waals surface area contributed by atoms with Gasteiger partial charge in [0, 0.05) is 12.7 Å². The van der Waals surface area contributed by atoms with Crippen molar-refractivity contribution in [3.8, 4) is 0 Å². The van der Waals surface area contributed by atoms with Gasteiger partial charge < -0.3 is 4.90 Å². The molecule has 1 atom stereocenters. The molecule has 94 valence electrons. The number of benzene rings is 2. The van der Waals surface area contributed by atoms with Crippen LogP contribution in [0.1, 0.15) is 24.1 Å². The molecule has 0 amide bonds. The van der Waals surface area contributed by atoms with Crippen molar-refractivity contribution >= 4 is 11.8 Å². The van der Waals surface area contributed by atoms with Crippen LogP contribution in [0.25, 0.3) is 11.8 Å². The summed E-state index contributed by atoms with van der Waals surface area (Å²) in [5, 5.41) is 2.76. The van der Waals surface area contributed by atoms with E-state index < -0.39 is 0 Å². The molecule has 0 saturated heterocycles. The fourth-order valence-electron chi connectivity index (χ4n) is 3.50. The number of rotatable bonds is 0. The number of hydrogen-bond donors (Lipinski definition) is 0. The fourth-order valence-corrected chi connectivity index (χ4v) is 3.50. The highest BCUT2D eigenvalue weighted by Crippen LogP contribution is 2.35. The summed E-state index contributed by atoms with van der Waals surface area (Å²) in [5.41, 5.74) is 4.47. The van der Waals surface area contributed by atoms with E-state index >= 15 is 0 Å². The van der Waals surface area contributed by atoms with Crippen LogP contribution in [0.15, 0.2) is 48.5 Å². The third-order valence-electron chi connectivity index (χ3n) is 4.42. The van der Waals surface area contributed by atoms with Crippen molar-refractivity contribution in [3.63, 3.8) is 0 Å². The zero-order valence-corrected chi connectivity index (χ0v) is 11.1. The molecule has 0 radical (unpaired) electrons. The maximum Gasteiger partial charge on any atom is 0.0759 e. The predicted octanol–water partition coefficient (Wildman–Crippen LogP) is 2.21. The zero-order chi connectivity index (χ0) is 12.8. The van der Waals surface area contributed by atoms with E-state index in [2.05, 4.69) is 66.6 Å². The summed E-state index contributed by atoms with van der Waals surface area (Å²) < 4.78 is 0. The van der Waals surface area contributed by atoms with E-state index in [1.807, 2.05) is 0 Å². The SMILES string of the molecule is CC1=c2ccccc2=CN2CCc3ccccc3C12. The van der Waals surface area contributed by atoms with Gasteiger partial charge in [-0.2, -0.15) is 0 Å². The molecule has 0 aliphatic carbocycles. The molecule has 2 heterocycles. The van der Waals surface area contributed by atoms with Crippen molar-refractivity contribution in [1.82, 2.24) is 4.90 Å². The van der Waals surface area contributed by atoms with E-state index in [-0.39, 0.29) is 0 Å². The molecule has 4 rings (SSSR count). The average molecular weight is 247 g/mol. The third-order valence-corrected chi connectivity index (χ3v) is 4.42. The van der Waals surface area contributed by atoms with Crippen LogP contribution in [0.5, 0.6) is 0 Å². The summed E-state index contributed by atoms with van der Waals surface area (Å²) in [7, 11) is 0. The van der Waals surface area contributed by atoms with Crippen molar-refractivity contribution in [2.45, 2.75) is 19.4 Å². The Kier molecular flexibility index (Phi) is 2.28.